The van der Waals surface area contributed by atoms with Crippen LogP contribution in [-0.2, 0) is 16.6 Å². The number of nitrogens with one attached hydrogen (secondary N) is 1. The van der Waals surface area contributed by atoms with Gasteiger partial charge >= 0.3 is 0 Å². The van der Waals surface area contributed by atoms with E-state index < -0.39 is 10.0 Å². The van der Waals surface area contributed by atoms with Crippen LogP contribution in [0.2, 0.25) is 5.02 Å². The summed E-state index contributed by atoms with van der Waals surface area (Å²) < 4.78 is 27.1. The molecule has 112 valence electrons. The first-order valence-corrected chi connectivity index (χ1v) is 9.20. The third-order valence-corrected chi connectivity index (χ3v) is 5.89. The quantitative estimate of drug-likeness (QED) is 0.874. The Morgan fingerprint density at radius 2 is 2.19 bits per heavy atom. The lowest BCUT2D eigenvalue weighted by Gasteiger charge is -2.07. The van der Waals surface area contributed by atoms with E-state index in [1.807, 2.05) is 5.38 Å². The van der Waals surface area contributed by atoms with Crippen molar-refractivity contribution < 1.29 is 8.42 Å². The molecule has 1 aromatic heterocycles. The topological polar surface area (TPSA) is 85.1 Å². The molecule has 0 aliphatic heterocycles. The highest BCUT2D eigenvalue weighted by Crippen LogP contribution is 2.41. The summed E-state index contributed by atoms with van der Waals surface area (Å²) in [7, 11) is -3.68. The zero-order chi connectivity index (χ0) is 15.0. The lowest BCUT2D eigenvalue weighted by molar-refractivity contribution is 0.601. The van der Waals surface area contributed by atoms with Gasteiger partial charge in [-0.1, -0.05) is 17.7 Å². The molecule has 0 saturated heterocycles. The molecular weight excluding hydrogens is 330 g/mol. The molecule has 1 aliphatic carbocycles. The van der Waals surface area contributed by atoms with E-state index in [4.69, 9.17) is 17.3 Å². The lowest BCUT2D eigenvalue weighted by Crippen LogP contribution is -2.13. The predicted octanol–water partition coefficient (Wildman–Crippen LogP) is 2.93. The minimum atomic E-state index is -3.68. The van der Waals surface area contributed by atoms with Crippen molar-refractivity contribution in [2.45, 2.75) is 30.2 Å². The number of anilines is 1. The Labute approximate surface area is 132 Å². The van der Waals surface area contributed by atoms with Crippen molar-refractivity contribution >= 4 is 38.1 Å². The van der Waals surface area contributed by atoms with E-state index in [0.717, 1.165) is 18.5 Å². The molecule has 1 heterocycles. The van der Waals surface area contributed by atoms with Gasteiger partial charge in [-0.05, 0) is 30.5 Å². The number of hydrogen-bond acceptors (Lipinski definition) is 5. The second kappa shape index (κ2) is 5.57. The standard InChI is InChI=1S/C13H14ClN3O2S2/c14-11-5-10(4-3-9(11)6-15)21(18,19)17-13-16-12(7-20-13)8-1-2-8/h3-5,7-8H,1-2,6,15H2,(H,16,17). The Kier molecular flexibility index (Phi) is 3.92. The van der Waals surface area contributed by atoms with Gasteiger partial charge in [0.25, 0.3) is 10.0 Å². The molecule has 0 amide bonds. The fourth-order valence-corrected chi connectivity index (χ4v) is 4.33. The number of sulfonamides is 1. The van der Waals surface area contributed by atoms with Crippen LogP contribution in [0, 0.1) is 0 Å². The van der Waals surface area contributed by atoms with Gasteiger partial charge in [-0.2, -0.15) is 0 Å². The second-order valence-corrected chi connectivity index (χ2v) is 7.86. The molecule has 1 aromatic carbocycles. The van der Waals surface area contributed by atoms with Gasteiger partial charge in [-0.25, -0.2) is 13.4 Å². The van der Waals surface area contributed by atoms with Crippen LogP contribution >= 0.6 is 22.9 Å². The van der Waals surface area contributed by atoms with Crippen LogP contribution in [0.5, 0.6) is 0 Å². The van der Waals surface area contributed by atoms with Crippen molar-refractivity contribution in [2.24, 2.45) is 5.73 Å². The van der Waals surface area contributed by atoms with E-state index in [2.05, 4.69) is 9.71 Å². The van der Waals surface area contributed by atoms with E-state index in [9.17, 15) is 8.42 Å². The minimum absolute atomic E-state index is 0.105. The smallest absolute Gasteiger partial charge is 0.263 e. The van der Waals surface area contributed by atoms with E-state index in [-0.39, 0.29) is 11.4 Å². The maximum atomic E-state index is 12.3. The first kappa shape index (κ1) is 14.8. The Bertz CT molecular complexity index is 769. The van der Waals surface area contributed by atoms with Gasteiger partial charge in [0.2, 0.25) is 0 Å². The molecule has 0 spiro atoms. The highest BCUT2D eigenvalue weighted by molar-refractivity contribution is 7.93. The Morgan fingerprint density at radius 3 is 2.81 bits per heavy atom. The zero-order valence-corrected chi connectivity index (χ0v) is 13.4. The number of benzene rings is 1. The van der Waals surface area contributed by atoms with Crippen LogP contribution in [-0.4, -0.2) is 13.4 Å². The molecule has 1 fully saturated rings. The fraction of sp³-hybridized carbons (Fsp3) is 0.308. The molecule has 0 unspecified atom stereocenters. The second-order valence-electron chi connectivity index (χ2n) is 4.91. The van der Waals surface area contributed by atoms with Gasteiger partial charge in [0.1, 0.15) is 0 Å². The molecular formula is C13H14ClN3O2S2. The first-order chi connectivity index (χ1) is 9.99. The Hall–Kier alpha value is -1.15. The third-order valence-electron chi connectivity index (χ3n) is 3.29. The van der Waals surface area contributed by atoms with Crippen LogP contribution in [0.4, 0.5) is 5.13 Å². The zero-order valence-electron chi connectivity index (χ0n) is 11.0. The third kappa shape index (κ3) is 3.21. The van der Waals surface area contributed by atoms with Gasteiger partial charge in [0.15, 0.2) is 5.13 Å². The van der Waals surface area contributed by atoms with E-state index in [0.29, 0.717) is 21.6 Å². The molecule has 0 bridgehead atoms. The molecule has 0 atom stereocenters. The highest BCUT2D eigenvalue weighted by atomic mass is 35.5. The van der Waals surface area contributed by atoms with Crippen molar-refractivity contribution in [3.8, 4) is 0 Å². The number of thiazole rings is 1. The van der Waals surface area contributed by atoms with E-state index in [1.54, 1.807) is 6.07 Å². The molecule has 21 heavy (non-hydrogen) atoms. The van der Waals surface area contributed by atoms with E-state index in [1.165, 1.54) is 23.5 Å². The minimum Gasteiger partial charge on any atom is -0.326 e. The molecule has 3 rings (SSSR count). The van der Waals surface area contributed by atoms with Crippen molar-refractivity contribution in [3.63, 3.8) is 0 Å². The summed E-state index contributed by atoms with van der Waals surface area (Å²) in [5.74, 6) is 0.498. The SMILES string of the molecule is NCc1ccc(S(=O)(=O)Nc2nc(C3CC3)cs2)cc1Cl. The van der Waals surface area contributed by atoms with Crippen molar-refractivity contribution in [2.75, 3.05) is 4.72 Å². The van der Waals surface area contributed by atoms with Gasteiger partial charge in [0, 0.05) is 22.9 Å². The molecule has 3 N–H and O–H groups in total. The summed E-state index contributed by atoms with van der Waals surface area (Å²) >= 11 is 7.30. The van der Waals surface area contributed by atoms with Crippen LogP contribution in [0.3, 0.4) is 0 Å². The normalized spacial score (nSPS) is 15.1. The Morgan fingerprint density at radius 1 is 1.43 bits per heavy atom. The largest absolute Gasteiger partial charge is 0.326 e. The van der Waals surface area contributed by atoms with Gasteiger partial charge in [0.05, 0.1) is 10.6 Å². The van der Waals surface area contributed by atoms with Crippen molar-refractivity contribution in [1.29, 1.82) is 0 Å². The van der Waals surface area contributed by atoms with Gasteiger partial charge in [-0.3, -0.25) is 4.72 Å². The summed E-state index contributed by atoms with van der Waals surface area (Å²) in [5.41, 5.74) is 7.19. The van der Waals surface area contributed by atoms with E-state index >= 15 is 0 Å². The van der Waals surface area contributed by atoms with Gasteiger partial charge < -0.3 is 5.73 Å². The van der Waals surface area contributed by atoms with Crippen LogP contribution < -0.4 is 10.5 Å². The number of nitrogens with zero attached hydrogens (tertiary/aromatic N) is 1. The van der Waals surface area contributed by atoms with Gasteiger partial charge in [-0.15, -0.1) is 11.3 Å². The van der Waals surface area contributed by atoms with Crippen molar-refractivity contribution in [1.82, 2.24) is 4.98 Å². The Balaban J connectivity index is 1.83. The van der Waals surface area contributed by atoms with Crippen LogP contribution in [0.1, 0.15) is 30.0 Å². The number of aromatic nitrogens is 1. The summed E-state index contributed by atoms with van der Waals surface area (Å²) in [6.45, 7) is 0.268. The lowest BCUT2D eigenvalue weighted by atomic mass is 10.2. The molecule has 1 aliphatic rings. The van der Waals surface area contributed by atoms with Crippen LogP contribution in [0.15, 0.2) is 28.5 Å². The summed E-state index contributed by atoms with van der Waals surface area (Å²) in [5, 5.41) is 2.63. The summed E-state index contributed by atoms with van der Waals surface area (Å²) in [6, 6.07) is 4.52. The molecule has 2 aromatic rings. The molecule has 0 radical (unpaired) electrons. The monoisotopic (exact) mass is 343 g/mol. The van der Waals surface area contributed by atoms with Crippen LogP contribution in [0.25, 0.3) is 0 Å². The number of rotatable bonds is 5. The number of halogens is 1. The molecule has 1 saturated carbocycles. The van der Waals surface area contributed by atoms with Crippen molar-refractivity contribution in [3.05, 3.63) is 39.9 Å². The predicted molar refractivity (Wildman–Crippen MR) is 84.2 cm³/mol. The summed E-state index contributed by atoms with van der Waals surface area (Å²) in [6.07, 6.45) is 2.26. The molecule has 5 nitrogen and oxygen atoms in total. The fourth-order valence-electron chi connectivity index (χ4n) is 1.93. The maximum Gasteiger partial charge on any atom is 0.263 e. The average Bonchev–Trinajstić information content (AvgIpc) is 3.19. The highest BCUT2D eigenvalue weighted by Gasteiger charge is 2.27. The first-order valence-electron chi connectivity index (χ1n) is 6.46. The number of nitrogens with two attached hydrogens (primary N) is 1. The summed E-state index contributed by atoms with van der Waals surface area (Å²) in [4.78, 5) is 4.42. The average molecular weight is 344 g/mol. The number of hydrogen-bond donors (Lipinski definition) is 2. The maximum absolute atomic E-state index is 12.3. The molecule has 8 heteroatoms.